The average molecular weight is 401 g/mol. The smallest absolute Gasteiger partial charge is 0.337 e. The van der Waals surface area contributed by atoms with Gasteiger partial charge in [0.15, 0.2) is 11.4 Å². The molecule has 0 heterocycles. The Kier molecular flexibility index (Phi) is 11.2. The molecule has 0 aliphatic heterocycles. The van der Waals surface area contributed by atoms with Crippen molar-refractivity contribution in [2.24, 2.45) is 5.92 Å². The van der Waals surface area contributed by atoms with E-state index >= 15 is 0 Å². The first-order valence-corrected chi connectivity index (χ1v) is 9.60. The van der Waals surface area contributed by atoms with Crippen LogP contribution in [0.1, 0.15) is 61.3 Å². The average Bonchev–Trinajstić information content (AvgIpc) is 2.57. The number of carbonyl (C=O) groups is 3. The van der Waals surface area contributed by atoms with E-state index in [2.05, 4.69) is 6.58 Å². The van der Waals surface area contributed by atoms with Gasteiger partial charge >= 0.3 is 11.9 Å². The minimum absolute atomic E-state index is 0.0284. The predicted molar refractivity (Wildman–Crippen MR) is 106 cm³/mol. The van der Waals surface area contributed by atoms with Gasteiger partial charge in [0.1, 0.15) is 12.2 Å². The molecule has 0 atom stereocenters. The van der Waals surface area contributed by atoms with E-state index in [1.165, 1.54) is 6.92 Å². The Morgan fingerprint density at radius 2 is 1.43 bits per heavy atom. The molecule has 162 valence electrons. The summed E-state index contributed by atoms with van der Waals surface area (Å²) in [4.78, 5) is 35.2. The van der Waals surface area contributed by atoms with Gasteiger partial charge < -0.3 is 18.9 Å². The molecule has 0 N–H and O–H groups in total. The summed E-state index contributed by atoms with van der Waals surface area (Å²) in [6, 6.07) is 0. The molecule has 0 bridgehead atoms. The molecule has 7 heteroatoms. The number of hydrogen-bond acceptors (Lipinski definition) is 7. The Bertz CT molecular complexity index is 547. The zero-order chi connectivity index (χ0) is 22.0. The van der Waals surface area contributed by atoms with Crippen LogP contribution in [-0.4, -0.2) is 55.4 Å². The second-order valence-corrected chi connectivity index (χ2v) is 8.10. The fourth-order valence-corrected chi connectivity index (χ4v) is 1.99. The first kappa shape index (κ1) is 26.3. The third-order valence-corrected chi connectivity index (χ3v) is 4.05. The van der Waals surface area contributed by atoms with E-state index < -0.39 is 23.1 Å². The van der Waals surface area contributed by atoms with Crippen LogP contribution >= 0.6 is 0 Å². The van der Waals surface area contributed by atoms with Gasteiger partial charge in [-0.1, -0.05) is 20.4 Å². The standard InChI is InChI=1S/C21H36O7/c1-15(2)14-16(3)18(23)25-12-13-28-21(7,8)19(24)26-10-9-11-27-20(5,6)17(4)22/h15H,3,9-14H2,1-2,4-8H3. The van der Waals surface area contributed by atoms with Crippen molar-refractivity contribution < 1.29 is 33.3 Å². The van der Waals surface area contributed by atoms with Crippen LogP contribution < -0.4 is 0 Å². The topological polar surface area (TPSA) is 88.1 Å². The minimum atomic E-state index is -1.17. The lowest BCUT2D eigenvalue weighted by Gasteiger charge is -2.24. The maximum Gasteiger partial charge on any atom is 0.337 e. The molecule has 0 saturated heterocycles. The fraction of sp³-hybridized carbons (Fsp3) is 0.762. The summed E-state index contributed by atoms with van der Waals surface area (Å²) in [6.45, 7) is 16.3. The van der Waals surface area contributed by atoms with Gasteiger partial charge in [-0.05, 0) is 47.0 Å². The third-order valence-electron chi connectivity index (χ3n) is 4.05. The Hall–Kier alpha value is -1.73. The molecule has 0 amide bonds. The van der Waals surface area contributed by atoms with Crippen LogP contribution in [-0.2, 0) is 33.3 Å². The summed E-state index contributed by atoms with van der Waals surface area (Å²) in [5, 5.41) is 0. The summed E-state index contributed by atoms with van der Waals surface area (Å²) < 4.78 is 21.2. The fourth-order valence-electron chi connectivity index (χ4n) is 1.99. The Balaban J connectivity index is 4.07. The number of ether oxygens (including phenoxy) is 4. The van der Waals surface area contributed by atoms with E-state index in [0.717, 1.165) is 0 Å². The normalized spacial score (nSPS) is 12.0. The van der Waals surface area contributed by atoms with E-state index in [9.17, 15) is 14.4 Å². The Labute approximate surface area is 168 Å². The van der Waals surface area contributed by atoms with E-state index in [1.54, 1.807) is 27.7 Å². The molecule has 0 aliphatic rings. The van der Waals surface area contributed by atoms with E-state index in [4.69, 9.17) is 18.9 Å². The molecule has 0 unspecified atom stereocenters. The predicted octanol–water partition coefficient (Wildman–Crippen LogP) is 3.24. The zero-order valence-corrected chi connectivity index (χ0v) is 18.4. The maximum atomic E-state index is 12.1. The minimum Gasteiger partial charge on any atom is -0.463 e. The molecular weight excluding hydrogens is 364 g/mol. The van der Waals surface area contributed by atoms with Crippen LogP contribution in [0.5, 0.6) is 0 Å². The lowest BCUT2D eigenvalue weighted by Crippen LogP contribution is -2.38. The van der Waals surface area contributed by atoms with Gasteiger partial charge in [0.2, 0.25) is 0 Å². The molecular formula is C21H36O7. The van der Waals surface area contributed by atoms with E-state index in [0.29, 0.717) is 30.9 Å². The molecule has 7 nitrogen and oxygen atoms in total. The molecule has 0 spiro atoms. The second kappa shape index (κ2) is 12.0. The molecule has 0 aliphatic carbocycles. The van der Waals surface area contributed by atoms with Crippen LogP contribution in [0.2, 0.25) is 0 Å². The van der Waals surface area contributed by atoms with Crippen LogP contribution in [0.4, 0.5) is 0 Å². The van der Waals surface area contributed by atoms with Gasteiger partial charge in [0.05, 0.1) is 19.8 Å². The zero-order valence-electron chi connectivity index (χ0n) is 18.4. The molecule has 0 fully saturated rings. The molecule has 0 aromatic heterocycles. The maximum absolute atomic E-state index is 12.1. The quantitative estimate of drug-likeness (QED) is 0.251. The molecule has 0 rings (SSSR count). The summed E-state index contributed by atoms with van der Waals surface area (Å²) in [5.41, 5.74) is -1.59. The third kappa shape index (κ3) is 10.6. The van der Waals surface area contributed by atoms with Gasteiger partial charge in [-0.3, -0.25) is 4.79 Å². The van der Waals surface area contributed by atoms with Crippen LogP contribution in [0.3, 0.4) is 0 Å². The van der Waals surface area contributed by atoms with Gasteiger partial charge in [0.25, 0.3) is 0 Å². The monoisotopic (exact) mass is 400 g/mol. The molecule has 0 saturated carbocycles. The molecule has 0 aromatic rings. The molecule has 0 radical (unpaired) electrons. The van der Waals surface area contributed by atoms with Gasteiger partial charge in [-0.2, -0.15) is 0 Å². The number of esters is 2. The summed E-state index contributed by atoms with van der Waals surface area (Å²) in [7, 11) is 0. The van der Waals surface area contributed by atoms with Crippen molar-refractivity contribution in [3.63, 3.8) is 0 Å². The molecule has 28 heavy (non-hydrogen) atoms. The van der Waals surface area contributed by atoms with Crippen molar-refractivity contribution in [2.75, 3.05) is 26.4 Å². The van der Waals surface area contributed by atoms with E-state index in [-0.39, 0.29) is 25.6 Å². The number of ketones is 1. The largest absolute Gasteiger partial charge is 0.463 e. The summed E-state index contributed by atoms with van der Waals surface area (Å²) in [5.74, 6) is -0.712. The van der Waals surface area contributed by atoms with Crippen molar-refractivity contribution in [3.05, 3.63) is 12.2 Å². The first-order chi connectivity index (χ1) is 12.8. The number of hydrogen-bond donors (Lipinski definition) is 0. The lowest BCUT2D eigenvalue weighted by molar-refractivity contribution is -0.171. The van der Waals surface area contributed by atoms with Crippen LogP contribution in [0.15, 0.2) is 12.2 Å². The van der Waals surface area contributed by atoms with Gasteiger partial charge in [-0.15, -0.1) is 0 Å². The van der Waals surface area contributed by atoms with Gasteiger partial charge in [0, 0.05) is 12.0 Å². The number of Topliss-reactive ketones (excluding diaryl/α,β-unsaturated/α-hetero) is 1. The summed E-state index contributed by atoms with van der Waals surface area (Å²) in [6.07, 6.45) is 1.04. The highest BCUT2D eigenvalue weighted by Crippen LogP contribution is 2.14. The highest BCUT2D eigenvalue weighted by Gasteiger charge is 2.30. The SMILES string of the molecule is C=C(CC(C)C)C(=O)OCCOC(C)(C)C(=O)OCCCOC(C)(C)C(C)=O. The van der Waals surface area contributed by atoms with E-state index in [1.807, 2.05) is 13.8 Å². The van der Waals surface area contributed by atoms with Crippen molar-refractivity contribution in [1.82, 2.24) is 0 Å². The summed E-state index contributed by atoms with van der Waals surface area (Å²) >= 11 is 0. The van der Waals surface area contributed by atoms with Crippen LogP contribution in [0, 0.1) is 5.92 Å². The number of carbonyl (C=O) groups excluding carboxylic acids is 3. The van der Waals surface area contributed by atoms with Crippen LogP contribution in [0.25, 0.3) is 0 Å². The molecule has 0 aromatic carbocycles. The first-order valence-electron chi connectivity index (χ1n) is 9.60. The van der Waals surface area contributed by atoms with Crippen molar-refractivity contribution in [3.8, 4) is 0 Å². The highest BCUT2D eigenvalue weighted by atomic mass is 16.6. The van der Waals surface area contributed by atoms with Crippen molar-refractivity contribution in [2.45, 2.75) is 72.5 Å². The highest BCUT2D eigenvalue weighted by molar-refractivity contribution is 5.87. The lowest BCUT2D eigenvalue weighted by atomic mass is 10.1. The Morgan fingerprint density at radius 1 is 0.857 bits per heavy atom. The number of rotatable bonds is 14. The van der Waals surface area contributed by atoms with Crippen molar-refractivity contribution >= 4 is 17.7 Å². The van der Waals surface area contributed by atoms with Gasteiger partial charge in [-0.25, -0.2) is 9.59 Å². The Morgan fingerprint density at radius 3 is 1.96 bits per heavy atom. The van der Waals surface area contributed by atoms with Crippen molar-refractivity contribution in [1.29, 1.82) is 0 Å². The second-order valence-electron chi connectivity index (χ2n) is 8.10.